The summed E-state index contributed by atoms with van der Waals surface area (Å²) in [6.07, 6.45) is 0.384. The Labute approximate surface area is 155 Å². The fourth-order valence-electron chi connectivity index (χ4n) is 2.57. The molecule has 1 N–H and O–H groups in total. The summed E-state index contributed by atoms with van der Waals surface area (Å²) in [5, 5.41) is 9.11. The fraction of sp³-hybridized carbons (Fsp3) is 0.278. The van der Waals surface area contributed by atoms with Crippen LogP contribution in [0.1, 0.15) is 17.5 Å². The Bertz CT molecular complexity index is 894. The first-order valence-electron chi connectivity index (χ1n) is 8.03. The van der Waals surface area contributed by atoms with E-state index in [2.05, 4.69) is 41.4 Å². The molecule has 0 radical (unpaired) electrons. The van der Waals surface area contributed by atoms with Crippen LogP contribution < -0.4 is 0 Å². The Morgan fingerprint density at radius 2 is 2.08 bits per heavy atom. The lowest BCUT2D eigenvalue weighted by molar-refractivity contribution is -0.130. The van der Waals surface area contributed by atoms with Crippen LogP contribution in [0, 0.1) is 11.7 Å². The number of benzene rings is 1. The molecule has 0 fully saturated rings. The van der Waals surface area contributed by atoms with Gasteiger partial charge in [0, 0.05) is 26.6 Å². The maximum atomic E-state index is 12.5. The van der Waals surface area contributed by atoms with Crippen molar-refractivity contribution < 1.29 is 4.79 Å². The van der Waals surface area contributed by atoms with Gasteiger partial charge in [-0.05, 0) is 36.2 Å². The van der Waals surface area contributed by atoms with Crippen molar-refractivity contribution in [3.05, 3.63) is 57.7 Å². The van der Waals surface area contributed by atoms with E-state index < -0.39 is 0 Å². The van der Waals surface area contributed by atoms with Gasteiger partial charge in [-0.2, -0.15) is 5.10 Å². The smallest absolute Gasteiger partial charge is 0.224 e. The average molecular weight is 373 g/mol. The highest BCUT2D eigenvalue weighted by molar-refractivity contribution is 7.71. The Hall–Kier alpha value is -2.25. The molecule has 1 aromatic carbocycles. The summed E-state index contributed by atoms with van der Waals surface area (Å²) in [5.41, 5.74) is 2.34. The van der Waals surface area contributed by atoms with Gasteiger partial charge in [-0.25, -0.2) is 0 Å². The molecule has 2 aromatic heterocycles. The lowest BCUT2D eigenvalue weighted by atomic mass is 10.1. The Morgan fingerprint density at radius 1 is 1.32 bits per heavy atom. The van der Waals surface area contributed by atoms with Crippen molar-refractivity contribution in [2.45, 2.75) is 26.4 Å². The highest BCUT2D eigenvalue weighted by Crippen LogP contribution is 2.23. The number of aromatic amines is 1. The van der Waals surface area contributed by atoms with Crippen molar-refractivity contribution in [2.24, 2.45) is 0 Å². The lowest BCUT2D eigenvalue weighted by Crippen LogP contribution is -2.27. The van der Waals surface area contributed by atoms with Crippen LogP contribution in [-0.2, 0) is 17.9 Å². The number of amides is 1. The van der Waals surface area contributed by atoms with Crippen LogP contribution in [0.3, 0.4) is 0 Å². The van der Waals surface area contributed by atoms with E-state index in [4.69, 9.17) is 12.2 Å². The number of aryl methyl sites for hydroxylation is 1. The van der Waals surface area contributed by atoms with Gasteiger partial charge in [-0.3, -0.25) is 14.5 Å². The number of hydrogen-bond acceptors (Lipinski definition) is 4. The fourth-order valence-corrected chi connectivity index (χ4v) is 3.52. The SMILES string of the molecule is Cc1ccc(CN(C)C(=O)CCn2c(-c3cccs3)n[nH]c2=S)cc1. The summed E-state index contributed by atoms with van der Waals surface area (Å²) in [6, 6.07) is 12.2. The number of nitrogens with one attached hydrogen (secondary N) is 1. The highest BCUT2D eigenvalue weighted by atomic mass is 32.1. The molecule has 0 bridgehead atoms. The van der Waals surface area contributed by atoms with Crippen molar-refractivity contribution in [3.63, 3.8) is 0 Å². The van der Waals surface area contributed by atoms with Crippen LogP contribution in [0.25, 0.3) is 10.7 Å². The summed E-state index contributed by atoms with van der Waals surface area (Å²) in [6.45, 7) is 3.17. The van der Waals surface area contributed by atoms with Gasteiger partial charge < -0.3 is 4.90 Å². The maximum absolute atomic E-state index is 12.5. The van der Waals surface area contributed by atoms with Gasteiger partial charge in [0.2, 0.25) is 5.91 Å². The first kappa shape index (κ1) is 17.6. The number of H-pyrrole nitrogens is 1. The molecular formula is C18H20N4OS2. The lowest BCUT2D eigenvalue weighted by Gasteiger charge is -2.17. The minimum Gasteiger partial charge on any atom is -0.341 e. The molecule has 0 atom stereocenters. The van der Waals surface area contributed by atoms with Crippen LogP contribution in [0.5, 0.6) is 0 Å². The minimum atomic E-state index is 0.0841. The summed E-state index contributed by atoms with van der Waals surface area (Å²) >= 11 is 6.91. The second kappa shape index (κ2) is 7.76. The third-order valence-electron chi connectivity index (χ3n) is 4.02. The zero-order chi connectivity index (χ0) is 17.8. The first-order chi connectivity index (χ1) is 12.0. The number of aromatic nitrogens is 3. The van der Waals surface area contributed by atoms with E-state index in [0.29, 0.717) is 24.3 Å². The number of nitrogens with zero attached hydrogens (tertiary/aromatic N) is 3. The summed E-state index contributed by atoms with van der Waals surface area (Å²) in [7, 11) is 1.83. The van der Waals surface area contributed by atoms with Gasteiger partial charge in [0.15, 0.2) is 10.6 Å². The number of hydrogen-bond donors (Lipinski definition) is 1. The average Bonchev–Trinajstić information content (AvgIpc) is 3.24. The maximum Gasteiger partial charge on any atom is 0.224 e. The van der Waals surface area contributed by atoms with Crippen LogP contribution >= 0.6 is 23.6 Å². The van der Waals surface area contributed by atoms with Gasteiger partial charge in [-0.15, -0.1) is 11.3 Å². The molecule has 0 aliphatic carbocycles. The number of thiophene rings is 1. The molecule has 0 spiro atoms. The molecule has 0 aliphatic heterocycles. The molecule has 7 heteroatoms. The molecule has 0 saturated heterocycles. The molecular weight excluding hydrogens is 352 g/mol. The Morgan fingerprint density at radius 3 is 2.76 bits per heavy atom. The third-order valence-corrected chi connectivity index (χ3v) is 5.19. The molecule has 2 heterocycles. The molecule has 1 amide bonds. The molecule has 0 saturated carbocycles. The zero-order valence-corrected chi connectivity index (χ0v) is 15.9. The van der Waals surface area contributed by atoms with E-state index in [1.807, 2.05) is 29.1 Å². The van der Waals surface area contributed by atoms with Crippen LogP contribution in [0.2, 0.25) is 0 Å². The van der Waals surface area contributed by atoms with E-state index in [1.54, 1.807) is 16.2 Å². The topological polar surface area (TPSA) is 53.9 Å². The van der Waals surface area contributed by atoms with E-state index >= 15 is 0 Å². The second-order valence-electron chi connectivity index (χ2n) is 5.97. The first-order valence-corrected chi connectivity index (χ1v) is 9.32. The summed E-state index contributed by atoms with van der Waals surface area (Å²) < 4.78 is 2.43. The van der Waals surface area contributed by atoms with Gasteiger partial charge in [0.1, 0.15) is 0 Å². The van der Waals surface area contributed by atoms with E-state index in [1.165, 1.54) is 5.56 Å². The van der Waals surface area contributed by atoms with Crippen molar-refractivity contribution in [3.8, 4) is 10.7 Å². The van der Waals surface area contributed by atoms with E-state index in [-0.39, 0.29) is 5.91 Å². The third kappa shape index (κ3) is 4.24. The van der Waals surface area contributed by atoms with Gasteiger partial charge >= 0.3 is 0 Å². The number of carbonyl (C=O) groups excluding carboxylic acids is 1. The molecule has 3 aromatic rings. The predicted octanol–water partition coefficient (Wildman–Crippen LogP) is 4.03. The molecule has 5 nitrogen and oxygen atoms in total. The molecule has 3 rings (SSSR count). The van der Waals surface area contributed by atoms with Crippen LogP contribution in [-0.4, -0.2) is 32.6 Å². The molecule has 130 valence electrons. The van der Waals surface area contributed by atoms with Crippen molar-refractivity contribution in [2.75, 3.05) is 7.05 Å². The van der Waals surface area contributed by atoms with Gasteiger partial charge in [0.05, 0.1) is 4.88 Å². The van der Waals surface area contributed by atoms with Crippen molar-refractivity contribution in [1.29, 1.82) is 0 Å². The largest absolute Gasteiger partial charge is 0.341 e. The van der Waals surface area contributed by atoms with Crippen molar-refractivity contribution in [1.82, 2.24) is 19.7 Å². The van der Waals surface area contributed by atoms with Gasteiger partial charge in [0.25, 0.3) is 0 Å². The monoisotopic (exact) mass is 372 g/mol. The van der Waals surface area contributed by atoms with E-state index in [0.717, 1.165) is 16.3 Å². The molecule has 0 unspecified atom stereocenters. The highest BCUT2D eigenvalue weighted by Gasteiger charge is 2.14. The zero-order valence-electron chi connectivity index (χ0n) is 14.2. The Balaban J connectivity index is 1.63. The predicted molar refractivity (Wildman–Crippen MR) is 103 cm³/mol. The van der Waals surface area contributed by atoms with Crippen LogP contribution in [0.4, 0.5) is 0 Å². The van der Waals surface area contributed by atoms with E-state index in [9.17, 15) is 4.79 Å². The Kier molecular flexibility index (Phi) is 5.45. The number of rotatable bonds is 6. The summed E-state index contributed by atoms with van der Waals surface area (Å²) in [4.78, 5) is 15.3. The second-order valence-corrected chi connectivity index (χ2v) is 7.30. The quantitative estimate of drug-likeness (QED) is 0.665. The minimum absolute atomic E-state index is 0.0841. The normalized spacial score (nSPS) is 10.8. The van der Waals surface area contributed by atoms with Gasteiger partial charge in [-0.1, -0.05) is 35.9 Å². The standard InChI is InChI=1S/C18H20N4OS2/c1-13-5-7-14(8-6-13)12-21(2)16(23)9-10-22-17(19-20-18(22)24)15-4-3-11-25-15/h3-8,11H,9-10,12H2,1-2H3,(H,20,24). The molecule has 0 aliphatic rings. The van der Waals surface area contributed by atoms with Crippen LogP contribution in [0.15, 0.2) is 41.8 Å². The molecule has 25 heavy (non-hydrogen) atoms. The summed E-state index contributed by atoms with van der Waals surface area (Å²) in [5.74, 6) is 0.870. The van der Waals surface area contributed by atoms with Crippen molar-refractivity contribution >= 4 is 29.5 Å². The number of carbonyl (C=O) groups is 1.